The molecular weight excluding hydrogens is 400 g/mol. The van der Waals surface area contributed by atoms with E-state index in [-0.39, 0.29) is 11.4 Å². The van der Waals surface area contributed by atoms with Gasteiger partial charge in [-0.3, -0.25) is 19.1 Å². The van der Waals surface area contributed by atoms with Gasteiger partial charge in [-0.1, -0.05) is 30.3 Å². The smallest absolute Gasteiger partial charge is 0.310 e. The van der Waals surface area contributed by atoms with Crippen LogP contribution in [0.4, 0.5) is 5.69 Å². The third-order valence-electron chi connectivity index (χ3n) is 5.96. The average molecular weight is 426 g/mol. The molecule has 1 aromatic heterocycles. The second-order valence-corrected chi connectivity index (χ2v) is 7.91. The molecule has 3 N–H and O–H groups in total. The maximum atomic E-state index is 13.0. The minimum Gasteiger partial charge on any atom is -0.481 e. The van der Waals surface area contributed by atoms with Gasteiger partial charge in [0, 0.05) is 19.3 Å². The lowest BCUT2D eigenvalue weighted by atomic mass is 9.78. The van der Waals surface area contributed by atoms with Crippen molar-refractivity contribution in [2.24, 2.45) is 11.8 Å². The number of amides is 2. The number of ether oxygens (including phenoxy) is 1. The summed E-state index contributed by atoms with van der Waals surface area (Å²) in [6.45, 7) is 2.82. The highest BCUT2D eigenvalue weighted by Crippen LogP contribution is 2.44. The summed E-state index contributed by atoms with van der Waals surface area (Å²) in [7, 11) is 0. The Morgan fingerprint density at radius 1 is 1.16 bits per heavy atom. The number of nitrogens with one attached hydrogen (secondary N) is 2. The predicted octanol–water partition coefficient (Wildman–Crippen LogP) is 1.69. The molecule has 4 rings (SSSR count). The highest BCUT2D eigenvalue weighted by atomic mass is 16.5. The topological polar surface area (TPSA) is 123 Å². The molecule has 0 spiro atoms. The second kappa shape index (κ2) is 8.89. The van der Waals surface area contributed by atoms with Crippen LogP contribution in [0, 0.1) is 11.8 Å². The molecule has 0 aliphatic carbocycles. The molecule has 2 amide bonds. The quantitative estimate of drug-likeness (QED) is 0.590. The molecule has 0 radical (unpaired) electrons. The molecule has 2 bridgehead atoms. The fraction of sp³-hybridized carbons (Fsp3) is 0.455. The SMILES string of the molecule is CCn1cc(NC(=O)[C@@H]2[C@@H](C(=O)O)[C@H]3CC[C@H]2O3)c(C(=O)NCCc2ccccc2)n1. The van der Waals surface area contributed by atoms with Crippen LogP contribution in [0.15, 0.2) is 36.5 Å². The van der Waals surface area contributed by atoms with Gasteiger partial charge in [0.1, 0.15) is 0 Å². The zero-order chi connectivity index (χ0) is 22.0. The van der Waals surface area contributed by atoms with E-state index in [0.29, 0.717) is 32.4 Å². The Hall–Kier alpha value is -3.20. The number of anilines is 1. The number of rotatable bonds is 8. The van der Waals surface area contributed by atoms with E-state index in [1.165, 1.54) is 0 Å². The maximum Gasteiger partial charge on any atom is 0.310 e. The summed E-state index contributed by atoms with van der Waals surface area (Å²) in [5.41, 5.74) is 1.49. The first kappa shape index (κ1) is 21.0. The van der Waals surface area contributed by atoms with Gasteiger partial charge in [-0.25, -0.2) is 0 Å². The molecule has 2 aromatic rings. The molecule has 0 unspecified atom stereocenters. The number of aromatic nitrogens is 2. The summed E-state index contributed by atoms with van der Waals surface area (Å²) in [4.78, 5) is 37.4. The van der Waals surface area contributed by atoms with Gasteiger partial charge in [0.25, 0.3) is 5.91 Å². The highest BCUT2D eigenvalue weighted by molar-refractivity contribution is 6.03. The molecule has 4 atom stereocenters. The highest BCUT2D eigenvalue weighted by Gasteiger charge is 2.55. The number of hydrogen-bond donors (Lipinski definition) is 3. The maximum absolute atomic E-state index is 13.0. The number of hydrogen-bond acceptors (Lipinski definition) is 5. The fourth-order valence-corrected chi connectivity index (χ4v) is 4.43. The summed E-state index contributed by atoms with van der Waals surface area (Å²) < 4.78 is 7.24. The number of carbonyl (C=O) groups is 3. The third kappa shape index (κ3) is 4.32. The normalized spacial score (nSPS) is 24.2. The van der Waals surface area contributed by atoms with Crippen LogP contribution in [0.2, 0.25) is 0 Å². The molecule has 31 heavy (non-hydrogen) atoms. The number of carboxylic acids is 1. The van der Waals surface area contributed by atoms with Crippen molar-refractivity contribution in [3.05, 3.63) is 47.8 Å². The van der Waals surface area contributed by atoms with E-state index >= 15 is 0 Å². The first-order chi connectivity index (χ1) is 15.0. The van der Waals surface area contributed by atoms with Crippen molar-refractivity contribution in [3.63, 3.8) is 0 Å². The lowest BCUT2D eigenvalue weighted by Crippen LogP contribution is -2.41. The van der Waals surface area contributed by atoms with Gasteiger partial charge in [-0.15, -0.1) is 0 Å². The van der Waals surface area contributed by atoms with Crippen LogP contribution < -0.4 is 10.6 Å². The van der Waals surface area contributed by atoms with E-state index < -0.39 is 41.8 Å². The molecule has 9 heteroatoms. The van der Waals surface area contributed by atoms with Crippen molar-refractivity contribution >= 4 is 23.5 Å². The van der Waals surface area contributed by atoms with Gasteiger partial charge in [-0.05, 0) is 31.7 Å². The summed E-state index contributed by atoms with van der Waals surface area (Å²) in [5, 5.41) is 19.4. The number of benzene rings is 1. The Bertz CT molecular complexity index is 974. The van der Waals surface area contributed by atoms with Gasteiger partial charge < -0.3 is 20.5 Å². The number of carbonyl (C=O) groups excluding carboxylic acids is 2. The van der Waals surface area contributed by atoms with Crippen LogP contribution in [-0.2, 0) is 27.3 Å². The van der Waals surface area contributed by atoms with E-state index in [2.05, 4.69) is 15.7 Å². The number of fused-ring (bicyclic) bond motifs is 2. The molecule has 164 valence electrons. The van der Waals surface area contributed by atoms with Gasteiger partial charge in [0.15, 0.2) is 5.69 Å². The summed E-state index contributed by atoms with van der Waals surface area (Å²) >= 11 is 0. The minimum absolute atomic E-state index is 0.110. The molecule has 2 fully saturated rings. The Morgan fingerprint density at radius 2 is 1.87 bits per heavy atom. The van der Waals surface area contributed by atoms with Gasteiger partial charge in [0.05, 0.1) is 29.7 Å². The zero-order valence-electron chi connectivity index (χ0n) is 17.3. The molecule has 9 nitrogen and oxygen atoms in total. The minimum atomic E-state index is -1.03. The first-order valence-corrected chi connectivity index (χ1v) is 10.6. The van der Waals surface area contributed by atoms with E-state index in [4.69, 9.17) is 4.74 Å². The van der Waals surface area contributed by atoms with Crippen molar-refractivity contribution in [2.75, 3.05) is 11.9 Å². The van der Waals surface area contributed by atoms with E-state index in [9.17, 15) is 19.5 Å². The summed E-state index contributed by atoms with van der Waals surface area (Å²) in [6, 6.07) is 9.79. The van der Waals surface area contributed by atoms with Crippen LogP contribution in [-0.4, -0.2) is 51.4 Å². The van der Waals surface area contributed by atoms with Crippen LogP contribution >= 0.6 is 0 Å². The fourth-order valence-electron chi connectivity index (χ4n) is 4.43. The van der Waals surface area contributed by atoms with E-state index in [1.807, 2.05) is 37.3 Å². The summed E-state index contributed by atoms with van der Waals surface area (Å²) in [6.07, 6.45) is 2.73. The third-order valence-corrected chi connectivity index (χ3v) is 5.96. The van der Waals surface area contributed by atoms with Crippen molar-refractivity contribution in [3.8, 4) is 0 Å². The van der Waals surface area contributed by atoms with Crippen LogP contribution in [0.3, 0.4) is 0 Å². The largest absolute Gasteiger partial charge is 0.481 e. The van der Waals surface area contributed by atoms with Crippen LogP contribution in [0.5, 0.6) is 0 Å². The number of aryl methyl sites for hydroxylation is 1. The molecule has 2 saturated heterocycles. The monoisotopic (exact) mass is 426 g/mol. The van der Waals surface area contributed by atoms with Crippen molar-refractivity contribution in [2.45, 2.75) is 44.9 Å². The predicted molar refractivity (Wildman–Crippen MR) is 112 cm³/mol. The number of aliphatic carboxylic acids is 1. The molecule has 0 saturated carbocycles. The second-order valence-electron chi connectivity index (χ2n) is 7.91. The lowest BCUT2D eigenvalue weighted by molar-refractivity contribution is -0.147. The molecule has 3 heterocycles. The Balaban J connectivity index is 1.45. The molecule has 2 aliphatic heterocycles. The van der Waals surface area contributed by atoms with Gasteiger partial charge in [-0.2, -0.15) is 5.10 Å². The lowest BCUT2D eigenvalue weighted by Gasteiger charge is -2.23. The zero-order valence-corrected chi connectivity index (χ0v) is 17.3. The Labute approximate surface area is 179 Å². The Kier molecular flexibility index (Phi) is 6.03. The Morgan fingerprint density at radius 3 is 2.55 bits per heavy atom. The van der Waals surface area contributed by atoms with Gasteiger partial charge >= 0.3 is 5.97 Å². The van der Waals surface area contributed by atoms with Crippen LogP contribution in [0.25, 0.3) is 0 Å². The van der Waals surface area contributed by atoms with Crippen molar-refractivity contribution in [1.29, 1.82) is 0 Å². The molecular formula is C22H26N4O5. The van der Waals surface area contributed by atoms with E-state index in [0.717, 1.165) is 5.56 Å². The number of carboxylic acid groups (broad SMARTS) is 1. The number of nitrogens with zero attached hydrogens (tertiary/aromatic N) is 2. The molecule has 2 aliphatic rings. The molecule has 1 aromatic carbocycles. The van der Waals surface area contributed by atoms with Crippen LogP contribution in [0.1, 0.15) is 35.8 Å². The van der Waals surface area contributed by atoms with E-state index in [1.54, 1.807) is 10.9 Å². The summed E-state index contributed by atoms with van der Waals surface area (Å²) in [5.74, 6) is -3.53. The average Bonchev–Trinajstić information content (AvgIpc) is 3.48. The standard InChI is InChI=1S/C22H26N4O5/c1-2-26-12-14(19(25-26)21(28)23-11-10-13-6-4-3-5-7-13)24-20(27)17-15-8-9-16(31-15)18(17)22(29)30/h3-7,12,15-18H,2,8-11H2,1H3,(H,23,28)(H,24,27)(H,29,30)/t15-,16-,17+,18+/m1/s1. The van der Waals surface area contributed by atoms with Crippen molar-refractivity contribution in [1.82, 2.24) is 15.1 Å². The van der Waals surface area contributed by atoms with Gasteiger partial charge in [0.2, 0.25) is 5.91 Å². The first-order valence-electron chi connectivity index (χ1n) is 10.6. The van der Waals surface area contributed by atoms with Crippen molar-refractivity contribution < 1.29 is 24.2 Å².